The largest absolute Gasteiger partial charge is 0.472 e. The van der Waals surface area contributed by atoms with Crippen LogP contribution >= 0.6 is 7.82 Å². The summed E-state index contributed by atoms with van der Waals surface area (Å²) in [5.74, 6) is -10.4. The van der Waals surface area contributed by atoms with Gasteiger partial charge in [0.15, 0.2) is 11.8 Å². The number of hydrogen-bond donors (Lipinski definition) is 6. The molecule has 3 fully saturated rings. The summed E-state index contributed by atoms with van der Waals surface area (Å²) in [5.41, 5.74) is 1.14. The number of Topliss-reactive ketones (excluding diaryl/α,β-unsaturated/α-hetero) is 3. The maximum absolute atomic E-state index is 14.6. The highest BCUT2D eigenvalue weighted by atomic mass is 31.2. The predicted octanol–water partition coefficient (Wildman–Crippen LogP) is 4.94. The second kappa shape index (κ2) is 34.1. The van der Waals surface area contributed by atoms with Crippen LogP contribution in [0.4, 0.5) is 4.79 Å². The Morgan fingerprint density at radius 2 is 1.57 bits per heavy atom. The number of aliphatic hydroxyl groups is 4. The molecule has 4 aliphatic rings. The number of piperidine rings is 1. The Morgan fingerprint density at radius 1 is 0.869 bits per heavy atom. The molecule has 0 aromatic heterocycles. The minimum absolute atomic E-state index is 0.00161. The number of alkyl carbamates (subject to hydrolysis) is 1. The smallest absolute Gasteiger partial charge is 0.467 e. The number of cyclic esters (lactones) is 1. The van der Waals surface area contributed by atoms with E-state index in [-0.39, 0.29) is 55.6 Å². The highest BCUT2D eigenvalue weighted by Crippen LogP contribution is 2.43. The molecule has 3 heterocycles. The zero-order valence-corrected chi connectivity index (χ0v) is 51.5. The Morgan fingerprint density at radius 3 is 2.23 bits per heavy atom. The van der Waals surface area contributed by atoms with Crippen molar-refractivity contribution < 1.29 is 106 Å². The van der Waals surface area contributed by atoms with E-state index in [0.717, 1.165) is 17.6 Å². The van der Waals surface area contributed by atoms with Gasteiger partial charge in [0.25, 0.3) is 11.7 Å². The lowest BCUT2D eigenvalue weighted by Gasteiger charge is -2.42. The molecule has 0 spiro atoms. The van der Waals surface area contributed by atoms with E-state index in [2.05, 4.69) is 9.84 Å². The molecule has 4 rings (SSSR count). The summed E-state index contributed by atoms with van der Waals surface area (Å²) in [7, 11) is 0.433. The molecule has 1 saturated carbocycles. The molecule has 6 N–H and O–H groups in total. The van der Waals surface area contributed by atoms with Crippen molar-refractivity contribution >= 4 is 49.1 Å². The molecule has 2 bridgehead atoms. The van der Waals surface area contributed by atoms with E-state index >= 15 is 0 Å². The molecule has 2 saturated heterocycles. The summed E-state index contributed by atoms with van der Waals surface area (Å²) in [6, 6.07) is -2.91. The Kier molecular flexibility index (Phi) is 29.2. The Labute approximate surface area is 493 Å². The van der Waals surface area contributed by atoms with Gasteiger partial charge in [-0.05, 0) is 107 Å². The quantitative estimate of drug-likeness (QED) is 0.0392. The maximum atomic E-state index is 14.6. The summed E-state index contributed by atoms with van der Waals surface area (Å²) < 4.78 is 61.9. The first-order valence-electron chi connectivity index (χ1n) is 29.1. The number of methoxy groups -OCH3 is 4. The summed E-state index contributed by atoms with van der Waals surface area (Å²) in [4.78, 5) is 109. The van der Waals surface area contributed by atoms with Crippen molar-refractivity contribution in [3.8, 4) is 0 Å². The average molecular weight is 1210 g/mol. The van der Waals surface area contributed by atoms with E-state index in [1.165, 1.54) is 14.2 Å². The lowest BCUT2D eigenvalue weighted by Crippen LogP contribution is -2.61. The molecule has 84 heavy (non-hydrogen) atoms. The Balaban J connectivity index is 1.63. The number of rotatable bonds is 16. The average Bonchev–Trinajstić information content (AvgIpc) is 1.86. The highest BCUT2D eigenvalue weighted by molar-refractivity contribution is 7.47. The second-order valence-corrected chi connectivity index (χ2v) is 24.5. The van der Waals surface area contributed by atoms with Crippen molar-refractivity contribution in [3.63, 3.8) is 0 Å². The summed E-state index contributed by atoms with van der Waals surface area (Å²) in [6.07, 6.45) is 5.50. The molecule has 0 aromatic rings. The van der Waals surface area contributed by atoms with E-state index in [1.54, 1.807) is 47.8 Å². The minimum Gasteiger partial charge on any atom is -0.467 e. The van der Waals surface area contributed by atoms with Crippen LogP contribution in [0.2, 0.25) is 0 Å². The van der Waals surface area contributed by atoms with Crippen LogP contribution in [0.1, 0.15) is 126 Å². The number of ketones is 3. The molecular formula is C59H93N2O22P. The number of nitrogens with one attached hydrogen (secondary N) is 1. The predicted molar refractivity (Wildman–Crippen MR) is 303 cm³/mol. The summed E-state index contributed by atoms with van der Waals surface area (Å²) >= 11 is 0. The fourth-order valence-corrected chi connectivity index (χ4v) is 12.1. The third-order valence-electron chi connectivity index (χ3n) is 16.5. The number of hydrogen-bond acceptors (Lipinski definition) is 21. The van der Waals surface area contributed by atoms with Crippen LogP contribution in [0, 0.1) is 35.5 Å². The maximum Gasteiger partial charge on any atom is 0.472 e. The number of phosphoric ester groups is 1. The van der Waals surface area contributed by atoms with Crippen LogP contribution < -0.4 is 5.32 Å². The minimum atomic E-state index is -4.87. The van der Waals surface area contributed by atoms with Crippen molar-refractivity contribution in [3.05, 3.63) is 47.6 Å². The lowest BCUT2D eigenvalue weighted by atomic mass is 9.78. The number of phosphoric acid groups is 1. The van der Waals surface area contributed by atoms with Gasteiger partial charge in [-0.2, -0.15) is 0 Å². The van der Waals surface area contributed by atoms with Gasteiger partial charge in [0, 0.05) is 58.5 Å². The fourth-order valence-electron chi connectivity index (χ4n) is 11.3. The monoisotopic (exact) mass is 1210 g/mol. The zero-order chi connectivity index (χ0) is 62.6. The van der Waals surface area contributed by atoms with Gasteiger partial charge in [0.1, 0.15) is 42.3 Å². The van der Waals surface area contributed by atoms with Crippen LogP contribution in [0.5, 0.6) is 0 Å². The molecule has 0 radical (unpaired) electrons. The SMILES string of the molecule is COC(=O)C(COP(=O)(O)OCC(O)CO)NC(=O)O[C@@H]1CCC(CC(C)C2CC(=O)C(C)/C=C(\C)[C@@H](O)C(OC)C(=O)[C@H](C)CC(C)/C=C/C=C/C=C(\C)C(OC)CC3CC[C@@H](C)[C@@](O)(O3)C(=O)C(=O)N3CCCC[C@H]3C(=O)O2)CC1OC. The van der Waals surface area contributed by atoms with Gasteiger partial charge in [0.2, 0.25) is 5.79 Å². The second-order valence-electron chi connectivity index (χ2n) is 23.1. The first-order chi connectivity index (χ1) is 39.6. The van der Waals surface area contributed by atoms with Gasteiger partial charge in [-0.3, -0.25) is 28.2 Å². The molecule has 25 heteroatoms. The first-order valence-corrected chi connectivity index (χ1v) is 30.6. The molecule has 0 aromatic carbocycles. The molecule has 18 atom stereocenters. The summed E-state index contributed by atoms with van der Waals surface area (Å²) in [5, 5.41) is 44.3. The fraction of sp³-hybridized carbons (Fsp3) is 0.746. The third kappa shape index (κ3) is 20.8. The molecule has 1 aliphatic carbocycles. The van der Waals surface area contributed by atoms with Crippen molar-refractivity contribution in [2.45, 2.75) is 192 Å². The standard InChI is InChI=1S/C59H93N2O22P/c1-34-17-13-12-14-18-35(2)48(75-8)29-43-22-20-40(7)59(72,83-43)54(67)55(68)61-24-16-15-19-45(61)57(70)81-49(30-46(64)36(3)26-39(6)52(66)53(77-10)51(65)38(5)25-34)37(4)27-41-21-23-47(50(28-41)76-9)82-58(71)60-44(56(69)78-11)33-80-84(73,74)79-32-42(63)31-62/h12-14,17-18,26,34,36-38,40-45,47-50,52-53,62-63,66,72H,15-16,19-25,27-33H2,1-11H3,(H,60,71)(H,73,74)/b14-12+,17-13+,35-18+,39-26+/t34?,36?,37?,38-,40-,41?,42?,43?,44?,45+,47-,48?,49?,50?,52-,53?,59-/m1/s1. The zero-order valence-electron chi connectivity index (χ0n) is 50.6. The van der Waals surface area contributed by atoms with Gasteiger partial charge in [-0.25, -0.2) is 18.9 Å². The van der Waals surface area contributed by atoms with Crippen LogP contribution in [-0.2, 0) is 75.5 Å². The number of carbonyl (C=O) groups excluding carboxylic acids is 7. The topological polar surface area (TPSA) is 336 Å². The third-order valence-corrected chi connectivity index (χ3v) is 17.5. The van der Waals surface area contributed by atoms with E-state index in [9.17, 15) is 58.3 Å². The lowest BCUT2D eigenvalue weighted by molar-refractivity contribution is -0.265. The van der Waals surface area contributed by atoms with Crippen molar-refractivity contribution in [1.82, 2.24) is 10.2 Å². The van der Waals surface area contributed by atoms with E-state index < -0.39 is 148 Å². The van der Waals surface area contributed by atoms with E-state index in [1.807, 2.05) is 44.2 Å². The number of nitrogens with zero attached hydrogens (tertiary/aromatic N) is 1. The Hall–Kier alpha value is -4.56. The number of amides is 2. The van der Waals surface area contributed by atoms with Gasteiger partial charge in [-0.15, -0.1) is 0 Å². The number of allylic oxidation sites excluding steroid dienone is 6. The van der Waals surface area contributed by atoms with Crippen molar-refractivity contribution in [2.24, 2.45) is 35.5 Å². The van der Waals surface area contributed by atoms with Crippen molar-refractivity contribution in [1.29, 1.82) is 0 Å². The molecule has 2 amide bonds. The normalized spacial score (nSPS) is 35.3. The Bertz CT molecular complexity index is 2400. The van der Waals surface area contributed by atoms with E-state index in [4.69, 9.17) is 42.8 Å². The van der Waals surface area contributed by atoms with Crippen LogP contribution in [0.15, 0.2) is 47.6 Å². The van der Waals surface area contributed by atoms with Crippen LogP contribution in [-0.4, -0.2) is 193 Å². The van der Waals surface area contributed by atoms with Crippen LogP contribution in [0.3, 0.4) is 0 Å². The molecule has 12 unspecified atom stereocenters. The van der Waals surface area contributed by atoms with Gasteiger partial charge < -0.3 is 68.7 Å². The number of carbonyl (C=O) groups is 7. The molecular weight excluding hydrogens is 1120 g/mol. The molecule has 476 valence electrons. The number of esters is 2. The number of ether oxygens (including phenoxy) is 7. The number of aliphatic hydroxyl groups excluding tert-OH is 3. The molecule has 3 aliphatic heterocycles. The van der Waals surface area contributed by atoms with E-state index in [0.29, 0.717) is 56.9 Å². The first kappa shape index (κ1) is 71.9. The van der Waals surface area contributed by atoms with Gasteiger partial charge in [0.05, 0.1) is 45.2 Å². The van der Waals surface area contributed by atoms with Crippen LogP contribution in [0.25, 0.3) is 0 Å². The van der Waals surface area contributed by atoms with Crippen molar-refractivity contribution in [2.75, 3.05) is 54.8 Å². The highest BCUT2D eigenvalue weighted by Gasteiger charge is 2.53. The summed E-state index contributed by atoms with van der Waals surface area (Å²) in [6.45, 7) is 9.83. The molecule has 24 nitrogen and oxygen atoms in total. The number of fused-ring (bicyclic) bond motifs is 3. The van der Waals surface area contributed by atoms with Gasteiger partial charge >= 0.3 is 25.9 Å². The van der Waals surface area contributed by atoms with Gasteiger partial charge in [-0.1, -0.05) is 71.1 Å².